The molecule has 1 heterocycles. The molecule has 0 aliphatic rings. The lowest BCUT2D eigenvalue weighted by Gasteiger charge is -2.19. The molecule has 1 atom stereocenters. The Morgan fingerprint density at radius 1 is 1.33 bits per heavy atom. The summed E-state index contributed by atoms with van der Waals surface area (Å²) < 4.78 is 5.54. The van der Waals surface area contributed by atoms with Crippen LogP contribution in [0.3, 0.4) is 0 Å². The molecule has 1 aromatic heterocycles. The largest absolute Gasteiger partial charge is 0.467 e. The summed E-state index contributed by atoms with van der Waals surface area (Å²) >= 11 is 6.01. The number of hydrogen-bond acceptors (Lipinski definition) is 2. The second-order valence-electron chi connectivity index (χ2n) is 4.40. The van der Waals surface area contributed by atoms with Gasteiger partial charge in [0.2, 0.25) is 0 Å². The molecule has 96 valence electrons. The quantitative estimate of drug-likeness (QED) is 0.869. The Hall–Kier alpha value is -1.25. The van der Waals surface area contributed by atoms with Crippen molar-refractivity contribution in [1.82, 2.24) is 5.32 Å². The van der Waals surface area contributed by atoms with Crippen LogP contribution in [0.25, 0.3) is 0 Å². The molecule has 0 amide bonds. The van der Waals surface area contributed by atoms with Crippen molar-refractivity contribution >= 4 is 11.6 Å². The number of nitrogens with one attached hydrogen (secondary N) is 1. The van der Waals surface area contributed by atoms with Crippen LogP contribution in [-0.4, -0.2) is 6.54 Å². The summed E-state index contributed by atoms with van der Waals surface area (Å²) in [5.41, 5.74) is 2.38. The van der Waals surface area contributed by atoms with E-state index in [4.69, 9.17) is 16.0 Å². The van der Waals surface area contributed by atoms with Crippen LogP contribution >= 0.6 is 11.6 Å². The summed E-state index contributed by atoms with van der Waals surface area (Å²) in [5.74, 6) is 0.939. The number of aryl methyl sites for hydroxylation is 1. The predicted molar refractivity (Wildman–Crippen MR) is 75.0 cm³/mol. The molecule has 0 spiro atoms. The Morgan fingerprint density at radius 2 is 2.17 bits per heavy atom. The minimum atomic E-state index is 0.0946. The Kier molecular flexibility index (Phi) is 4.45. The smallest absolute Gasteiger partial charge is 0.125 e. The van der Waals surface area contributed by atoms with E-state index in [-0.39, 0.29) is 6.04 Å². The van der Waals surface area contributed by atoms with Gasteiger partial charge < -0.3 is 9.73 Å². The van der Waals surface area contributed by atoms with Gasteiger partial charge in [0.1, 0.15) is 5.76 Å². The van der Waals surface area contributed by atoms with Crippen LogP contribution in [0.1, 0.15) is 36.3 Å². The highest BCUT2D eigenvalue weighted by atomic mass is 35.5. The molecule has 0 aliphatic heterocycles. The number of benzene rings is 1. The average Bonchev–Trinajstić information content (AvgIpc) is 2.85. The van der Waals surface area contributed by atoms with Gasteiger partial charge in [0, 0.05) is 5.02 Å². The van der Waals surface area contributed by atoms with E-state index in [1.807, 2.05) is 24.3 Å². The fourth-order valence-electron chi connectivity index (χ4n) is 2.07. The third kappa shape index (κ3) is 2.95. The van der Waals surface area contributed by atoms with Crippen molar-refractivity contribution in [2.24, 2.45) is 0 Å². The van der Waals surface area contributed by atoms with Gasteiger partial charge in [-0.15, -0.1) is 0 Å². The maximum atomic E-state index is 6.01. The van der Waals surface area contributed by atoms with Crippen LogP contribution in [0.15, 0.2) is 41.0 Å². The maximum absolute atomic E-state index is 6.01. The van der Waals surface area contributed by atoms with Crippen molar-refractivity contribution in [3.8, 4) is 0 Å². The van der Waals surface area contributed by atoms with Crippen molar-refractivity contribution in [3.63, 3.8) is 0 Å². The highest BCUT2D eigenvalue weighted by Crippen LogP contribution is 2.27. The van der Waals surface area contributed by atoms with Crippen LogP contribution in [0, 0.1) is 6.92 Å². The first-order chi connectivity index (χ1) is 8.72. The zero-order valence-corrected chi connectivity index (χ0v) is 11.5. The lowest BCUT2D eigenvalue weighted by atomic mass is 9.99. The monoisotopic (exact) mass is 263 g/mol. The molecule has 1 unspecified atom stereocenters. The molecule has 0 saturated heterocycles. The minimum Gasteiger partial charge on any atom is -0.467 e. The Morgan fingerprint density at radius 3 is 2.78 bits per heavy atom. The number of rotatable bonds is 5. The molecular weight excluding hydrogens is 246 g/mol. The highest BCUT2D eigenvalue weighted by molar-refractivity contribution is 6.30. The van der Waals surface area contributed by atoms with E-state index < -0.39 is 0 Å². The van der Waals surface area contributed by atoms with Gasteiger partial charge in [0.15, 0.2) is 0 Å². The van der Waals surface area contributed by atoms with Crippen LogP contribution in [0.4, 0.5) is 0 Å². The summed E-state index contributed by atoms with van der Waals surface area (Å²) in [5, 5.41) is 4.28. The van der Waals surface area contributed by atoms with Crippen LogP contribution in [0.2, 0.25) is 5.02 Å². The SMILES string of the molecule is CCCNC(c1ccco1)c1ccc(Cl)cc1C. The number of halogens is 1. The van der Waals surface area contributed by atoms with Gasteiger partial charge in [0.05, 0.1) is 12.3 Å². The van der Waals surface area contributed by atoms with Gasteiger partial charge in [-0.25, -0.2) is 0 Å². The van der Waals surface area contributed by atoms with Crippen molar-refractivity contribution < 1.29 is 4.42 Å². The molecule has 1 aromatic carbocycles. The zero-order chi connectivity index (χ0) is 13.0. The Labute approximate surface area is 113 Å². The maximum Gasteiger partial charge on any atom is 0.125 e. The molecule has 0 radical (unpaired) electrons. The third-order valence-electron chi connectivity index (χ3n) is 2.97. The van der Waals surface area contributed by atoms with Crippen molar-refractivity contribution in [1.29, 1.82) is 0 Å². The molecule has 2 rings (SSSR count). The first-order valence-corrected chi connectivity index (χ1v) is 6.63. The molecule has 0 saturated carbocycles. The average molecular weight is 264 g/mol. The van der Waals surface area contributed by atoms with Crippen molar-refractivity contribution in [2.75, 3.05) is 6.54 Å². The number of hydrogen-bond donors (Lipinski definition) is 1. The zero-order valence-electron chi connectivity index (χ0n) is 10.7. The van der Waals surface area contributed by atoms with E-state index in [0.29, 0.717) is 0 Å². The van der Waals surface area contributed by atoms with E-state index in [1.165, 1.54) is 11.1 Å². The predicted octanol–water partition coefficient (Wildman–Crippen LogP) is 4.33. The molecule has 0 fully saturated rings. The second kappa shape index (κ2) is 6.07. The lowest BCUT2D eigenvalue weighted by Crippen LogP contribution is -2.23. The third-order valence-corrected chi connectivity index (χ3v) is 3.20. The topological polar surface area (TPSA) is 25.2 Å². The first-order valence-electron chi connectivity index (χ1n) is 6.25. The Bertz CT molecular complexity index is 493. The Balaban J connectivity index is 2.33. The standard InChI is InChI=1S/C15H18ClNO/c1-3-8-17-15(14-5-4-9-18-14)13-7-6-12(16)10-11(13)2/h4-7,9-10,15,17H,3,8H2,1-2H3. The summed E-state index contributed by atoms with van der Waals surface area (Å²) in [7, 11) is 0. The molecule has 2 nitrogen and oxygen atoms in total. The molecular formula is C15H18ClNO. The van der Waals surface area contributed by atoms with Gasteiger partial charge >= 0.3 is 0 Å². The van der Waals surface area contributed by atoms with Gasteiger partial charge in [-0.05, 0) is 55.3 Å². The normalized spacial score (nSPS) is 12.6. The summed E-state index contributed by atoms with van der Waals surface area (Å²) in [6.07, 6.45) is 2.80. The molecule has 1 N–H and O–H groups in total. The first kappa shape index (κ1) is 13.2. The van der Waals surface area contributed by atoms with Crippen LogP contribution in [0.5, 0.6) is 0 Å². The fourth-order valence-corrected chi connectivity index (χ4v) is 2.30. The summed E-state index contributed by atoms with van der Waals surface area (Å²) in [6, 6.07) is 9.99. The summed E-state index contributed by atoms with van der Waals surface area (Å²) in [4.78, 5) is 0. The second-order valence-corrected chi connectivity index (χ2v) is 4.84. The van der Waals surface area contributed by atoms with Crippen molar-refractivity contribution in [2.45, 2.75) is 26.3 Å². The van der Waals surface area contributed by atoms with Crippen molar-refractivity contribution in [3.05, 3.63) is 58.5 Å². The molecule has 0 aliphatic carbocycles. The summed E-state index contributed by atoms with van der Waals surface area (Å²) in [6.45, 7) is 5.18. The van der Waals surface area contributed by atoms with E-state index in [2.05, 4.69) is 25.2 Å². The molecule has 2 aromatic rings. The van der Waals surface area contributed by atoms with Gasteiger partial charge in [-0.1, -0.05) is 24.6 Å². The minimum absolute atomic E-state index is 0.0946. The van der Waals surface area contributed by atoms with E-state index in [1.54, 1.807) is 6.26 Å². The van der Waals surface area contributed by atoms with Crippen LogP contribution < -0.4 is 5.32 Å². The molecule has 18 heavy (non-hydrogen) atoms. The molecule has 3 heteroatoms. The number of furan rings is 1. The fraction of sp³-hybridized carbons (Fsp3) is 0.333. The van der Waals surface area contributed by atoms with Gasteiger partial charge in [0.25, 0.3) is 0 Å². The van der Waals surface area contributed by atoms with Crippen LogP contribution in [-0.2, 0) is 0 Å². The molecule has 0 bridgehead atoms. The van der Waals surface area contributed by atoms with Gasteiger partial charge in [-0.2, -0.15) is 0 Å². The van der Waals surface area contributed by atoms with E-state index in [9.17, 15) is 0 Å². The van der Waals surface area contributed by atoms with E-state index >= 15 is 0 Å². The van der Waals surface area contributed by atoms with Gasteiger partial charge in [-0.3, -0.25) is 0 Å². The highest BCUT2D eigenvalue weighted by Gasteiger charge is 2.17. The lowest BCUT2D eigenvalue weighted by molar-refractivity contribution is 0.446. The van der Waals surface area contributed by atoms with E-state index in [0.717, 1.165) is 23.7 Å².